The number of carbonyl (C=O) groups excluding carboxylic acids is 2. The van der Waals surface area contributed by atoms with Crippen LogP contribution >= 0.6 is 0 Å². The largest absolute Gasteiger partial charge is 0.378 e. The van der Waals surface area contributed by atoms with Crippen LogP contribution in [0.5, 0.6) is 0 Å². The Bertz CT molecular complexity index is 948. The summed E-state index contributed by atoms with van der Waals surface area (Å²) in [5, 5.41) is 2.99. The number of morpholine rings is 1. The summed E-state index contributed by atoms with van der Waals surface area (Å²) in [7, 11) is 0. The lowest BCUT2D eigenvalue weighted by Gasteiger charge is -2.28. The molecule has 3 aliphatic rings. The minimum absolute atomic E-state index is 0.00161. The third-order valence-electron chi connectivity index (χ3n) is 6.64. The third kappa shape index (κ3) is 4.43. The number of ether oxygens (including phenoxy) is 1. The average Bonchev–Trinajstić information content (AvgIpc) is 3.51. The van der Waals surface area contributed by atoms with Gasteiger partial charge in [-0.1, -0.05) is 0 Å². The summed E-state index contributed by atoms with van der Waals surface area (Å²) in [4.78, 5) is 31.8. The Morgan fingerprint density at radius 2 is 1.38 bits per heavy atom. The Kier molecular flexibility index (Phi) is 5.99. The second-order valence-corrected chi connectivity index (χ2v) is 8.75. The van der Waals surface area contributed by atoms with Crippen LogP contribution in [-0.4, -0.2) is 57.8 Å². The molecule has 0 bridgehead atoms. The molecule has 0 aliphatic carbocycles. The molecule has 0 saturated carbocycles. The zero-order valence-electron chi connectivity index (χ0n) is 18.3. The number of anilines is 4. The first kappa shape index (κ1) is 20.8. The second kappa shape index (κ2) is 9.20. The topological polar surface area (TPSA) is 65.1 Å². The molecule has 32 heavy (non-hydrogen) atoms. The van der Waals surface area contributed by atoms with E-state index in [0.717, 1.165) is 56.5 Å². The Morgan fingerprint density at radius 1 is 0.812 bits per heavy atom. The van der Waals surface area contributed by atoms with Crippen LogP contribution in [-0.2, 0) is 14.3 Å². The van der Waals surface area contributed by atoms with E-state index in [2.05, 4.69) is 27.2 Å². The monoisotopic (exact) mass is 434 g/mol. The lowest BCUT2D eigenvalue weighted by Crippen LogP contribution is -2.36. The van der Waals surface area contributed by atoms with Crippen molar-refractivity contribution in [2.45, 2.75) is 19.3 Å². The fourth-order valence-electron chi connectivity index (χ4n) is 4.77. The molecule has 2 aromatic carbocycles. The molecule has 0 radical (unpaired) electrons. The normalized spacial score (nSPS) is 21.3. The van der Waals surface area contributed by atoms with Gasteiger partial charge in [-0.05, 0) is 61.4 Å². The molecule has 2 amide bonds. The van der Waals surface area contributed by atoms with E-state index in [1.54, 1.807) is 4.90 Å². The Morgan fingerprint density at radius 3 is 2.03 bits per heavy atom. The Hall–Kier alpha value is -3.06. The molecule has 7 nitrogen and oxygen atoms in total. The van der Waals surface area contributed by atoms with Crippen molar-refractivity contribution in [2.75, 3.05) is 66.0 Å². The van der Waals surface area contributed by atoms with Crippen molar-refractivity contribution in [2.24, 2.45) is 5.92 Å². The molecule has 1 atom stereocenters. The summed E-state index contributed by atoms with van der Waals surface area (Å²) in [5.41, 5.74) is 3.95. The summed E-state index contributed by atoms with van der Waals surface area (Å²) < 4.78 is 5.40. The molecule has 7 heteroatoms. The van der Waals surface area contributed by atoms with Crippen LogP contribution in [0.4, 0.5) is 22.7 Å². The highest BCUT2D eigenvalue weighted by molar-refractivity contribution is 6.03. The first-order valence-corrected chi connectivity index (χ1v) is 11.6. The van der Waals surface area contributed by atoms with Gasteiger partial charge in [0, 0.05) is 61.9 Å². The van der Waals surface area contributed by atoms with E-state index < -0.39 is 0 Å². The number of nitrogens with one attached hydrogen (secondary N) is 1. The predicted molar refractivity (Wildman–Crippen MR) is 126 cm³/mol. The van der Waals surface area contributed by atoms with E-state index >= 15 is 0 Å². The van der Waals surface area contributed by atoms with Gasteiger partial charge < -0.3 is 24.8 Å². The number of carbonyl (C=O) groups is 2. The Labute approximate surface area is 188 Å². The van der Waals surface area contributed by atoms with Gasteiger partial charge in [0.1, 0.15) is 0 Å². The van der Waals surface area contributed by atoms with E-state index in [1.165, 1.54) is 18.5 Å². The van der Waals surface area contributed by atoms with Crippen molar-refractivity contribution in [1.82, 2.24) is 0 Å². The van der Waals surface area contributed by atoms with Gasteiger partial charge in [-0.15, -0.1) is 0 Å². The number of hydrogen-bond donors (Lipinski definition) is 1. The molecule has 3 saturated heterocycles. The van der Waals surface area contributed by atoms with Gasteiger partial charge in [-0.25, -0.2) is 0 Å². The van der Waals surface area contributed by atoms with Gasteiger partial charge in [0.2, 0.25) is 11.8 Å². The SMILES string of the molecule is O=C(Nc1ccc(N2CCOCC2)cc1)C1CC(=O)N(c2ccc(N3CCCC3)cc2)C1. The van der Waals surface area contributed by atoms with Crippen molar-refractivity contribution < 1.29 is 14.3 Å². The van der Waals surface area contributed by atoms with Crippen LogP contribution < -0.4 is 20.0 Å². The summed E-state index contributed by atoms with van der Waals surface area (Å²) in [6.07, 6.45) is 2.71. The molecule has 168 valence electrons. The Balaban J connectivity index is 1.18. The van der Waals surface area contributed by atoms with E-state index in [0.29, 0.717) is 6.54 Å². The maximum absolute atomic E-state index is 12.8. The quantitative estimate of drug-likeness (QED) is 0.783. The van der Waals surface area contributed by atoms with Crippen LogP contribution in [0.3, 0.4) is 0 Å². The molecular weight excluding hydrogens is 404 g/mol. The van der Waals surface area contributed by atoms with Crippen molar-refractivity contribution in [3.63, 3.8) is 0 Å². The van der Waals surface area contributed by atoms with Crippen LogP contribution in [0.15, 0.2) is 48.5 Å². The fourth-order valence-corrected chi connectivity index (χ4v) is 4.77. The van der Waals surface area contributed by atoms with Gasteiger partial charge in [0.15, 0.2) is 0 Å². The summed E-state index contributed by atoms with van der Waals surface area (Å²) >= 11 is 0. The lowest BCUT2D eigenvalue weighted by molar-refractivity contribution is -0.122. The third-order valence-corrected chi connectivity index (χ3v) is 6.64. The minimum Gasteiger partial charge on any atom is -0.378 e. The summed E-state index contributed by atoms with van der Waals surface area (Å²) in [6.45, 7) is 5.85. The fraction of sp³-hybridized carbons (Fsp3) is 0.440. The minimum atomic E-state index is -0.348. The standard InChI is InChI=1S/C25H30N4O3/c30-24-17-19(18-29(24)23-9-7-22(8-10-23)27-11-1-2-12-27)25(31)26-20-3-5-21(6-4-20)28-13-15-32-16-14-28/h3-10,19H,1-2,11-18H2,(H,26,31). The summed E-state index contributed by atoms with van der Waals surface area (Å²) in [6, 6.07) is 16.0. The van der Waals surface area contributed by atoms with Crippen LogP contribution in [0.1, 0.15) is 19.3 Å². The molecule has 3 heterocycles. The maximum Gasteiger partial charge on any atom is 0.229 e. The zero-order chi connectivity index (χ0) is 21.9. The first-order valence-electron chi connectivity index (χ1n) is 11.6. The second-order valence-electron chi connectivity index (χ2n) is 8.75. The average molecular weight is 435 g/mol. The van der Waals surface area contributed by atoms with Crippen molar-refractivity contribution >= 4 is 34.6 Å². The lowest BCUT2D eigenvalue weighted by atomic mass is 10.1. The van der Waals surface area contributed by atoms with Gasteiger partial charge in [0.25, 0.3) is 0 Å². The number of rotatable bonds is 5. The molecule has 1 unspecified atom stereocenters. The summed E-state index contributed by atoms with van der Waals surface area (Å²) in [5.74, 6) is -0.449. The number of amides is 2. The highest BCUT2D eigenvalue weighted by atomic mass is 16.5. The van der Waals surface area contributed by atoms with E-state index in [-0.39, 0.29) is 24.2 Å². The maximum atomic E-state index is 12.8. The van der Waals surface area contributed by atoms with Crippen LogP contribution in [0, 0.1) is 5.92 Å². The molecule has 5 rings (SSSR count). The van der Waals surface area contributed by atoms with Crippen LogP contribution in [0.2, 0.25) is 0 Å². The molecule has 0 spiro atoms. The zero-order valence-corrected chi connectivity index (χ0v) is 18.3. The first-order chi connectivity index (χ1) is 15.7. The molecule has 1 N–H and O–H groups in total. The van der Waals surface area contributed by atoms with E-state index in [9.17, 15) is 9.59 Å². The highest BCUT2D eigenvalue weighted by Gasteiger charge is 2.35. The number of hydrogen-bond acceptors (Lipinski definition) is 5. The smallest absolute Gasteiger partial charge is 0.229 e. The predicted octanol–water partition coefficient (Wildman–Crippen LogP) is 3.12. The molecule has 3 fully saturated rings. The van der Waals surface area contributed by atoms with Crippen molar-refractivity contribution in [3.8, 4) is 0 Å². The molecular formula is C25H30N4O3. The number of benzene rings is 2. The van der Waals surface area contributed by atoms with E-state index in [1.807, 2.05) is 36.4 Å². The van der Waals surface area contributed by atoms with Crippen LogP contribution in [0.25, 0.3) is 0 Å². The highest BCUT2D eigenvalue weighted by Crippen LogP contribution is 2.29. The van der Waals surface area contributed by atoms with Crippen molar-refractivity contribution in [1.29, 1.82) is 0 Å². The number of nitrogens with zero attached hydrogens (tertiary/aromatic N) is 3. The molecule has 0 aromatic heterocycles. The van der Waals surface area contributed by atoms with Gasteiger partial charge in [0.05, 0.1) is 19.1 Å². The molecule has 2 aromatic rings. The van der Waals surface area contributed by atoms with E-state index in [4.69, 9.17) is 4.74 Å². The van der Waals surface area contributed by atoms with Gasteiger partial charge in [-0.3, -0.25) is 9.59 Å². The van der Waals surface area contributed by atoms with Gasteiger partial charge >= 0.3 is 0 Å². The van der Waals surface area contributed by atoms with Gasteiger partial charge in [-0.2, -0.15) is 0 Å². The van der Waals surface area contributed by atoms with Crippen molar-refractivity contribution in [3.05, 3.63) is 48.5 Å². The molecule has 3 aliphatic heterocycles.